The van der Waals surface area contributed by atoms with Gasteiger partial charge < -0.3 is 24.5 Å². The molecule has 0 saturated heterocycles. The van der Waals surface area contributed by atoms with E-state index in [1.165, 1.54) is 7.11 Å². The predicted octanol–water partition coefficient (Wildman–Crippen LogP) is -1.56. The second kappa shape index (κ2) is 7.07. The molecule has 3 N–H and O–H groups in total. The lowest BCUT2D eigenvalue weighted by Gasteiger charge is -1.98. The molecule has 0 unspecified atom stereocenters. The van der Waals surface area contributed by atoms with Gasteiger partial charge in [0.05, 0.1) is 14.2 Å². The predicted molar refractivity (Wildman–Crippen MR) is 47.5 cm³/mol. The van der Waals surface area contributed by atoms with E-state index in [9.17, 15) is 0 Å². The van der Waals surface area contributed by atoms with Gasteiger partial charge in [0.15, 0.2) is 0 Å². The van der Waals surface area contributed by atoms with E-state index in [1.807, 2.05) is 0 Å². The second-order valence-corrected chi connectivity index (χ2v) is 1.93. The summed E-state index contributed by atoms with van der Waals surface area (Å²) in [7, 11) is 0.885. The van der Waals surface area contributed by atoms with Crippen molar-refractivity contribution >= 4 is 7.32 Å². The van der Waals surface area contributed by atoms with Gasteiger partial charge in [0, 0.05) is 12.3 Å². The van der Waals surface area contributed by atoms with Crippen molar-refractivity contribution in [3.05, 3.63) is 12.3 Å². The van der Waals surface area contributed by atoms with Crippen molar-refractivity contribution in [2.75, 3.05) is 14.2 Å². The number of aromatic nitrogens is 2. The standard InChI is InChI=1S/C6H8N2O2.BH3O3/c1-9-5-3-4-7-6(8-5)10-2;2-1(3)4/h3-4H,1-2H3;2-4H. The Kier molecular flexibility index (Phi) is 6.37. The van der Waals surface area contributed by atoms with Crippen LogP contribution in [0.4, 0.5) is 0 Å². The van der Waals surface area contributed by atoms with Gasteiger partial charge in [-0.15, -0.1) is 0 Å². The highest BCUT2D eigenvalue weighted by Crippen LogP contribution is 2.07. The van der Waals surface area contributed by atoms with Crippen molar-refractivity contribution < 1.29 is 24.5 Å². The molecule has 1 aromatic heterocycles. The van der Waals surface area contributed by atoms with E-state index >= 15 is 0 Å². The number of methoxy groups -OCH3 is 2. The maximum absolute atomic E-state index is 7.17. The summed E-state index contributed by atoms with van der Waals surface area (Å²) in [4.78, 5) is 7.65. The summed E-state index contributed by atoms with van der Waals surface area (Å²) in [5.74, 6) is 0.506. The SMILES string of the molecule is COc1ccnc(OC)n1.OB(O)O. The summed E-state index contributed by atoms with van der Waals surface area (Å²) in [6, 6.07) is 1.97. The maximum Gasteiger partial charge on any atom is 0.631 e. The van der Waals surface area contributed by atoms with Crippen LogP contribution in [0.25, 0.3) is 0 Å². The van der Waals surface area contributed by atoms with Crippen molar-refractivity contribution in [3.8, 4) is 11.9 Å². The monoisotopic (exact) mass is 202 g/mol. The summed E-state index contributed by atoms with van der Waals surface area (Å²) in [5, 5.41) is 21.5. The summed E-state index contributed by atoms with van der Waals surface area (Å²) in [6.45, 7) is 0. The molecule has 1 rings (SSSR count). The normalized spacial score (nSPS) is 8.36. The molecule has 78 valence electrons. The molecular formula is C6H11BN2O5. The minimum atomic E-state index is -2.17. The number of nitrogens with zero attached hydrogens (tertiary/aromatic N) is 2. The van der Waals surface area contributed by atoms with Gasteiger partial charge in [0.1, 0.15) is 0 Å². The van der Waals surface area contributed by atoms with E-state index in [1.54, 1.807) is 19.4 Å². The molecule has 0 aliphatic carbocycles. The van der Waals surface area contributed by atoms with E-state index in [-0.39, 0.29) is 0 Å². The van der Waals surface area contributed by atoms with Gasteiger partial charge in [-0.2, -0.15) is 4.98 Å². The first-order chi connectivity index (χ1) is 6.60. The van der Waals surface area contributed by atoms with Gasteiger partial charge in [-0.3, -0.25) is 0 Å². The van der Waals surface area contributed by atoms with Crippen LogP contribution in [0.15, 0.2) is 12.3 Å². The molecule has 0 fully saturated rings. The fourth-order valence-corrected chi connectivity index (χ4v) is 0.537. The molecule has 0 radical (unpaired) electrons. The fraction of sp³-hybridized carbons (Fsp3) is 0.333. The molecule has 0 aliphatic heterocycles. The molecule has 0 saturated carbocycles. The Balaban J connectivity index is 0.000000364. The lowest BCUT2D eigenvalue weighted by Crippen LogP contribution is -2.07. The molecular weight excluding hydrogens is 191 g/mol. The Morgan fingerprint density at radius 1 is 1.21 bits per heavy atom. The first-order valence-corrected chi connectivity index (χ1v) is 3.55. The van der Waals surface area contributed by atoms with Gasteiger partial charge in [-0.05, 0) is 0 Å². The molecule has 0 aromatic carbocycles. The maximum atomic E-state index is 7.17. The highest BCUT2D eigenvalue weighted by Gasteiger charge is 1.95. The van der Waals surface area contributed by atoms with Crippen LogP contribution in [0.2, 0.25) is 0 Å². The summed E-state index contributed by atoms with van der Waals surface area (Å²) < 4.78 is 9.58. The van der Waals surface area contributed by atoms with Crippen LogP contribution >= 0.6 is 0 Å². The number of hydrogen-bond donors (Lipinski definition) is 3. The molecule has 1 heterocycles. The summed E-state index contributed by atoms with van der Waals surface area (Å²) in [6.07, 6.45) is 1.57. The van der Waals surface area contributed by atoms with Crippen LogP contribution in [-0.4, -0.2) is 46.6 Å². The average molecular weight is 202 g/mol. The van der Waals surface area contributed by atoms with Gasteiger partial charge >= 0.3 is 13.3 Å². The minimum absolute atomic E-state index is 0.319. The second-order valence-electron chi connectivity index (χ2n) is 1.93. The number of rotatable bonds is 2. The number of ether oxygens (including phenoxy) is 2. The molecule has 1 aromatic rings. The lowest BCUT2D eigenvalue weighted by molar-refractivity contribution is 0.278. The summed E-state index contributed by atoms with van der Waals surface area (Å²) in [5.41, 5.74) is 0. The Morgan fingerprint density at radius 2 is 1.79 bits per heavy atom. The third-order valence-corrected chi connectivity index (χ3v) is 1.000. The molecule has 7 nitrogen and oxygen atoms in total. The van der Waals surface area contributed by atoms with E-state index in [0.29, 0.717) is 11.9 Å². The van der Waals surface area contributed by atoms with Crippen molar-refractivity contribution in [3.63, 3.8) is 0 Å². The molecule has 0 amide bonds. The lowest BCUT2D eigenvalue weighted by atomic mass is 10.3. The van der Waals surface area contributed by atoms with Crippen LogP contribution < -0.4 is 9.47 Å². The van der Waals surface area contributed by atoms with E-state index < -0.39 is 7.32 Å². The largest absolute Gasteiger partial charge is 0.631 e. The Morgan fingerprint density at radius 3 is 2.21 bits per heavy atom. The molecule has 8 heteroatoms. The zero-order valence-corrected chi connectivity index (χ0v) is 7.78. The molecule has 0 spiro atoms. The van der Waals surface area contributed by atoms with Crippen LogP contribution in [0.5, 0.6) is 11.9 Å². The van der Waals surface area contributed by atoms with Crippen molar-refractivity contribution in [1.82, 2.24) is 9.97 Å². The molecule has 0 aliphatic rings. The first-order valence-electron chi connectivity index (χ1n) is 3.55. The Hall–Kier alpha value is -1.38. The van der Waals surface area contributed by atoms with Crippen LogP contribution in [0, 0.1) is 0 Å². The highest BCUT2D eigenvalue weighted by molar-refractivity contribution is 6.30. The van der Waals surface area contributed by atoms with Crippen LogP contribution in [0.1, 0.15) is 0 Å². The zero-order chi connectivity index (χ0) is 11.0. The van der Waals surface area contributed by atoms with Crippen molar-refractivity contribution in [2.45, 2.75) is 0 Å². The van der Waals surface area contributed by atoms with Crippen molar-refractivity contribution in [2.24, 2.45) is 0 Å². The van der Waals surface area contributed by atoms with Crippen molar-refractivity contribution in [1.29, 1.82) is 0 Å². The third kappa shape index (κ3) is 6.18. The highest BCUT2D eigenvalue weighted by atomic mass is 16.5. The first kappa shape index (κ1) is 12.6. The van der Waals surface area contributed by atoms with Crippen LogP contribution in [0.3, 0.4) is 0 Å². The Bertz CT molecular complexity index is 238. The Labute approximate surface area is 81.1 Å². The van der Waals surface area contributed by atoms with Gasteiger partial charge in [0.25, 0.3) is 0 Å². The van der Waals surface area contributed by atoms with E-state index in [2.05, 4.69) is 9.97 Å². The van der Waals surface area contributed by atoms with Gasteiger partial charge in [0.2, 0.25) is 5.88 Å². The number of hydrogen-bond acceptors (Lipinski definition) is 7. The van der Waals surface area contributed by atoms with Crippen LogP contribution in [-0.2, 0) is 0 Å². The molecule has 0 atom stereocenters. The molecule has 0 bridgehead atoms. The zero-order valence-electron chi connectivity index (χ0n) is 7.78. The summed E-state index contributed by atoms with van der Waals surface area (Å²) >= 11 is 0. The fourth-order valence-electron chi connectivity index (χ4n) is 0.537. The quantitative estimate of drug-likeness (QED) is 0.498. The van der Waals surface area contributed by atoms with E-state index in [0.717, 1.165) is 0 Å². The average Bonchev–Trinajstić information content (AvgIpc) is 2.17. The third-order valence-electron chi connectivity index (χ3n) is 1.000. The topological polar surface area (TPSA) is 105 Å². The minimum Gasteiger partial charge on any atom is -0.481 e. The molecule has 14 heavy (non-hydrogen) atoms. The van der Waals surface area contributed by atoms with E-state index in [4.69, 9.17) is 24.5 Å². The smallest absolute Gasteiger partial charge is 0.481 e. The van der Waals surface area contributed by atoms with Gasteiger partial charge in [-0.1, -0.05) is 0 Å². The van der Waals surface area contributed by atoms with Gasteiger partial charge in [-0.25, -0.2) is 4.98 Å².